The molecule has 2 N–H and O–H groups in total. The molecule has 0 fully saturated rings. The molecule has 0 saturated heterocycles. The van der Waals surface area contributed by atoms with E-state index in [0.717, 1.165) is 89.9 Å². The summed E-state index contributed by atoms with van der Waals surface area (Å²) in [6.07, 6.45) is 80.3. The molecule has 0 radical (unpaired) electrons. The van der Waals surface area contributed by atoms with Crippen LogP contribution in [0.2, 0.25) is 0 Å². The molecule has 470 valence electrons. The summed E-state index contributed by atoms with van der Waals surface area (Å²) in [4.78, 5) is 37.8. The van der Waals surface area contributed by atoms with E-state index in [1.165, 1.54) is 173 Å². The van der Waals surface area contributed by atoms with E-state index in [4.69, 9.17) is 13.8 Å². The van der Waals surface area contributed by atoms with Gasteiger partial charge in [0.05, 0.1) is 33.8 Å². The predicted octanol–water partition coefficient (Wildman–Crippen LogP) is 21.3. The van der Waals surface area contributed by atoms with Crippen LogP contribution in [-0.2, 0) is 27.9 Å². The fourth-order valence-electron chi connectivity index (χ4n) is 9.65. The third-order valence-electron chi connectivity index (χ3n) is 14.8. The van der Waals surface area contributed by atoms with Gasteiger partial charge in [0.1, 0.15) is 19.3 Å². The third-order valence-corrected chi connectivity index (χ3v) is 15.8. The molecule has 0 aromatic carbocycles. The molecule has 0 bridgehead atoms. The van der Waals surface area contributed by atoms with Crippen LogP contribution in [0.1, 0.15) is 303 Å². The number of quaternary nitrogens is 1. The van der Waals surface area contributed by atoms with Gasteiger partial charge in [-0.2, -0.15) is 0 Å². The van der Waals surface area contributed by atoms with Crippen molar-refractivity contribution >= 4 is 19.7 Å². The number of rotatable bonds is 61. The fourth-order valence-corrected chi connectivity index (χ4v) is 10.4. The molecule has 0 rings (SSSR count). The zero-order valence-corrected chi connectivity index (χ0v) is 54.7. The number of hydrogen-bond acceptors (Lipinski definition) is 6. The highest BCUT2D eigenvalue weighted by atomic mass is 31.2. The Labute approximate surface area is 501 Å². The first-order valence-electron chi connectivity index (χ1n) is 33.9. The van der Waals surface area contributed by atoms with Crippen LogP contribution in [0.15, 0.2) is 85.1 Å². The lowest BCUT2D eigenvalue weighted by Gasteiger charge is -2.27. The molecule has 0 aromatic rings. The summed E-state index contributed by atoms with van der Waals surface area (Å²) >= 11 is 0. The van der Waals surface area contributed by atoms with Crippen molar-refractivity contribution in [3.05, 3.63) is 85.1 Å². The maximum Gasteiger partial charge on any atom is 0.472 e. The number of amides is 1. The van der Waals surface area contributed by atoms with Gasteiger partial charge in [-0.05, 0) is 83.1 Å². The lowest BCUT2D eigenvalue weighted by Crippen LogP contribution is -2.47. The molecular formula is C71H130N2O7P+. The number of likely N-dealkylation sites (N-methyl/N-ethyl adjacent to an activating group) is 1. The first-order chi connectivity index (χ1) is 39.4. The van der Waals surface area contributed by atoms with Crippen molar-refractivity contribution in [1.29, 1.82) is 0 Å². The van der Waals surface area contributed by atoms with Gasteiger partial charge >= 0.3 is 13.8 Å². The minimum absolute atomic E-state index is 0.0312. The number of carbonyl (C=O) groups is 2. The number of unbranched alkanes of at least 4 members (excludes halogenated alkanes) is 33. The Kier molecular flexibility index (Phi) is 58.2. The summed E-state index contributed by atoms with van der Waals surface area (Å²) in [5, 5.41) is 3.05. The maximum atomic E-state index is 13.6. The Bertz CT molecular complexity index is 1660. The van der Waals surface area contributed by atoms with E-state index in [1.807, 2.05) is 33.3 Å². The highest BCUT2D eigenvalue weighted by molar-refractivity contribution is 7.47. The minimum atomic E-state index is -4.46. The molecule has 0 saturated carbocycles. The van der Waals surface area contributed by atoms with Crippen LogP contribution in [0.3, 0.4) is 0 Å². The lowest BCUT2D eigenvalue weighted by molar-refractivity contribution is -0.870. The molecule has 0 aliphatic heterocycles. The van der Waals surface area contributed by atoms with Crippen molar-refractivity contribution in [3.8, 4) is 0 Å². The van der Waals surface area contributed by atoms with Gasteiger partial charge in [0, 0.05) is 12.8 Å². The van der Waals surface area contributed by atoms with Crippen LogP contribution < -0.4 is 5.32 Å². The lowest BCUT2D eigenvalue weighted by atomic mass is 10.0. The number of hydrogen-bond donors (Lipinski definition) is 2. The second kappa shape index (κ2) is 60.3. The summed E-state index contributed by atoms with van der Waals surface area (Å²) in [7, 11) is 1.47. The van der Waals surface area contributed by atoms with Gasteiger partial charge in [0.25, 0.3) is 0 Å². The van der Waals surface area contributed by atoms with Gasteiger partial charge in [-0.1, -0.05) is 292 Å². The summed E-state index contributed by atoms with van der Waals surface area (Å²) in [5.41, 5.74) is 0. The maximum absolute atomic E-state index is 13.6. The van der Waals surface area contributed by atoms with Crippen LogP contribution in [0, 0.1) is 0 Å². The number of esters is 1. The second-order valence-electron chi connectivity index (χ2n) is 24.0. The largest absolute Gasteiger partial charge is 0.472 e. The number of ether oxygens (including phenoxy) is 1. The van der Waals surface area contributed by atoms with Crippen molar-refractivity contribution in [2.24, 2.45) is 0 Å². The molecule has 10 heteroatoms. The number of phosphoric acid groups is 1. The monoisotopic (exact) mass is 1150 g/mol. The fraction of sp³-hybridized carbons (Fsp3) is 0.775. The quantitative estimate of drug-likeness (QED) is 0.0205. The SMILES string of the molecule is CC/C=C\C/C=C\C/C=C\C/C=C\C/C=C\C/C=C\CCCCC(=O)OC(/C=C/CCCCCCCCCCC)C(COP(=O)(O)OCC[N+](C)(C)C)NC(=O)CCCCCCCCCCCCCCCCCCCCCCCCC. The van der Waals surface area contributed by atoms with Crippen LogP contribution >= 0.6 is 7.82 Å². The molecule has 3 atom stereocenters. The van der Waals surface area contributed by atoms with Crippen molar-refractivity contribution in [3.63, 3.8) is 0 Å². The number of nitrogens with one attached hydrogen (secondary N) is 1. The number of carbonyl (C=O) groups excluding carboxylic acids is 2. The van der Waals surface area contributed by atoms with Gasteiger partial charge in [-0.3, -0.25) is 18.6 Å². The van der Waals surface area contributed by atoms with E-state index in [0.29, 0.717) is 23.9 Å². The van der Waals surface area contributed by atoms with E-state index in [9.17, 15) is 19.0 Å². The zero-order valence-electron chi connectivity index (χ0n) is 53.8. The first-order valence-corrected chi connectivity index (χ1v) is 35.4. The van der Waals surface area contributed by atoms with E-state index in [-0.39, 0.29) is 31.5 Å². The van der Waals surface area contributed by atoms with Gasteiger partial charge in [0.15, 0.2) is 0 Å². The summed E-state index contributed by atoms with van der Waals surface area (Å²) in [6, 6.07) is -0.869. The highest BCUT2D eigenvalue weighted by Crippen LogP contribution is 2.43. The zero-order chi connectivity index (χ0) is 59.3. The van der Waals surface area contributed by atoms with Gasteiger partial charge < -0.3 is 19.4 Å². The van der Waals surface area contributed by atoms with Gasteiger partial charge in [0.2, 0.25) is 5.91 Å². The molecular weight excluding hydrogens is 1020 g/mol. The van der Waals surface area contributed by atoms with E-state index in [2.05, 4.69) is 99.0 Å². The predicted molar refractivity (Wildman–Crippen MR) is 351 cm³/mol. The van der Waals surface area contributed by atoms with E-state index < -0.39 is 20.0 Å². The van der Waals surface area contributed by atoms with Crippen LogP contribution in [0.5, 0.6) is 0 Å². The molecule has 1 amide bonds. The molecule has 9 nitrogen and oxygen atoms in total. The molecule has 0 aliphatic rings. The standard InChI is InChI=1S/C71H129N2O7P/c1-7-10-13-16-19-22-25-27-29-31-33-35-36-38-39-41-43-45-48-51-54-57-60-63-70(74)72-68(67-79-81(76,77)78-66-65-73(4,5)6)69(62-59-56-53-50-47-24-21-18-15-12-9-3)80-71(75)64-61-58-55-52-49-46-44-42-40-37-34-32-30-28-26-23-20-17-14-11-8-2/h11,14,20,23,28,30,34,37,42,44,49,52,59,62,68-69H,7-10,12-13,15-19,21-22,24-27,29,31-33,35-36,38-41,43,45-48,50-51,53-58,60-61,63-67H2,1-6H3,(H-,72,74,76,77)/p+1/b14-11-,23-20-,30-28-,37-34-,44-42-,52-49-,62-59+. The molecule has 0 heterocycles. The summed E-state index contributed by atoms with van der Waals surface area (Å²) in [5.74, 6) is -0.550. The Morgan fingerprint density at radius 3 is 1.20 bits per heavy atom. The molecule has 3 unspecified atom stereocenters. The third kappa shape index (κ3) is 61.6. The Morgan fingerprint density at radius 2 is 0.790 bits per heavy atom. The molecule has 81 heavy (non-hydrogen) atoms. The molecule has 0 aliphatic carbocycles. The molecule has 0 aromatic heterocycles. The average Bonchev–Trinajstić information content (AvgIpc) is 3.43. The minimum Gasteiger partial charge on any atom is -0.456 e. The van der Waals surface area contributed by atoms with Crippen molar-refractivity contribution in [2.75, 3.05) is 40.9 Å². The Hall–Kier alpha value is -2.81. The number of phosphoric ester groups is 1. The highest BCUT2D eigenvalue weighted by Gasteiger charge is 2.30. The topological polar surface area (TPSA) is 111 Å². The van der Waals surface area contributed by atoms with Gasteiger partial charge in [-0.25, -0.2) is 4.57 Å². The van der Waals surface area contributed by atoms with Crippen LogP contribution in [0.25, 0.3) is 0 Å². The van der Waals surface area contributed by atoms with Crippen molar-refractivity contribution in [1.82, 2.24) is 5.32 Å². The second-order valence-corrected chi connectivity index (χ2v) is 25.4. The smallest absolute Gasteiger partial charge is 0.456 e. The first kappa shape index (κ1) is 78.2. The number of allylic oxidation sites excluding steroid dienone is 13. The van der Waals surface area contributed by atoms with Crippen LogP contribution in [0.4, 0.5) is 0 Å². The Morgan fingerprint density at radius 1 is 0.444 bits per heavy atom. The van der Waals surface area contributed by atoms with Crippen molar-refractivity contribution < 1.29 is 37.3 Å². The van der Waals surface area contributed by atoms with Crippen molar-refractivity contribution in [2.45, 2.75) is 315 Å². The summed E-state index contributed by atoms with van der Waals surface area (Å²) in [6.45, 7) is 6.89. The summed E-state index contributed by atoms with van der Waals surface area (Å²) < 4.78 is 30.7. The molecule has 0 spiro atoms. The average molecular weight is 1150 g/mol. The van der Waals surface area contributed by atoms with Crippen LogP contribution in [-0.4, -0.2) is 74.3 Å². The van der Waals surface area contributed by atoms with E-state index >= 15 is 0 Å². The Balaban J connectivity index is 5.15. The van der Waals surface area contributed by atoms with Gasteiger partial charge in [-0.15, -0.1) is 0 Å². The number of nitrogens with zero attached hydrogens (tertiary/aromatic N) is 1. The normalized spacial score (nSPS) is 14.1. The van der Waals surface area contributed by atoms with E-state index in [1.54, 1.807) is 0 Å².